The van der Waals surface area contributed by atoms with Gasteiger partial charge in [-0.2, -0.15) is 0 Å². The Morgan fingerprint density at radius 1 is 1.44 bits per heavy atom. The zero-order valence-corrected chi connectivity index (χ0v) is 9.93. The molecule has 0 atom stereocenters. The van der Waals surface area contributed by atoms with Crippen molar-refractivity contribution < 1.29 is 14.3 Å². The first-order valence-electron chi connectivity index (χ1n) is 4.46. The maximum Gasteiger partial charge on any atom is 0.338 e. The molecule has 0 heterocycles. The summed E-state index contributed by atoms with van der Waals surface area (Å²) in [5, 5.41) is 2.71. The lowest BCUT2D eigenvalue weighted by molar-refractivity contribution is -0.105. The standard InChI is InChI=1S/C10H9Cl2NO3/c1-2-16-10(15)6-3-7(11)9(13-5-14)8(12)4-6/h3-5H,2H2,1H3,(H,13,14). The van der Waals surface area contributed by atoms with E-state index >= 15 is 0 Å². The van der Waals surface area contributed by atoms with E-state index in [0.29, 0.717) is 6.41 Å². The van der Waals surface area contributed by atoms with Gasteiger partial charge in [-0.15, -0.1) is 0 Å². The summed E-state index contributed by atoms with van der Waals surface area (Å²) in [7, 11) is 0. The summed E-state index contributed by atoms with van der Waals surface area (Å²) in [5.41, 5.74) is 0.514. The lowest BCUT2D eigenvalue weighted by atomic mass is 10.2. The summed E-state index contributed by atoms with van der Waals surface area (Å²) in [4.78, 5) is 21.7. The van der Waals surface area contributed by atoms with Crippen LogP contribution in [0.25, 0.3) is 0 Å². The molecule has 16 heavy (non-hydrogen) atoms. The molecule has 0 fully saturated rings. The minimum atomic E-state index is -0.510. The number of rotatable bonds is 4. The number of hydrogen-bond acceptors (Lipinski definition) is 3. The molecule has 0 aliphatic carbocycles. The number of anilines is 1. The number of hydrogen-bond donors (Lipinski definition) is 1. The van der Waals surface area contributed by atoms with Crippen LogP contribution in [0.15, 0.2) is 12.1 Å². The van der Waals surface area contributed by atoms with E-state index < -0.39 is 5.97 Å². The van der Waals surface area contributed by atoms with Crippen molar-refractivity contribution in [1.29, 1.82) is 0 Å². The van der Waals surface area contributed by atoms with E-state index in [9.17, 15) is 9.59 Å². The van der Waals surface area contributed by atoms with Crippen molar-refractivity contribution in [3.8, 4) is 0 Å². The van der Waals surface area contributed by atoms with Crippen molar-refractivity contribution in [2.45, 2.75) is 6.92 Å². The van der Waals surface area contributed by atoms with Crippen LogP contribution in [0.4, 0.5) is 5.69 Å². The summed E-state index contributed by atoms with van der Waals surface area (Å²) < 4.78 is 4.79. The minimum Gasteiger partial charge on any atom is -0.462 e. The fourth-order valence-corrected chi connectivity index (χ4v) is 1.70. The van der Waals surface area contributed by atoms with Gasteiger partial charge in [0.1, 0.15) is 0 Å². The zero-order chi connectivity index (χ0) is 12.1. The first-order chi connectivity index (χ1) is 7.60. The van der Waals surface area contributed by atoms with Gasteiger partial charge in [0.05, 0.1) is 27.9 Å². The SMILES string of the molecule is CCOC(=O)c1cc(Cl)c(NC=O)c(Cl)c1. The molecule has 1 rings (SSSR count). The van der Waals surface area contributed by atoms with Crippen molar-refractivity contribution in [3.63, 3.8) is 0 Å². The van der Waals surface area contributed by atoms with Crippen LogP contribution in [0.5, 0.6) is 0 Å². The highest BCUT2D eigenvalue weighted by atomic mass is 35.5. The fraction of sp³-hybridized carbons (Fsp3) is 0.200. The number of amides is 1. The quantitative estimate of drug-likeness (QED) is 0.670. The third kappa shape index (κ3) is 2.87. The summed E-state index contributed by atoms with van der Waals surface area (Å²) in [6, 6.07) is 2.77. The van der Waals surface area contributed by atoms with E-state index in [2.05, 4.69) is 5.32 Å². The van der Waals surface area contributed by atoms with E-state index in [1.807, 2.05) is 0 Å². The monoisotopic (exact) mass is 261 g/mol. The molecule has 1 aromatic rings. The van der Waals surface area contributed by atoms with Crippen LogP contribution in [0.2, 0.25) is 10.0 Å². The highest BCUT2D eigenvalue weighted by molar-refractivity contribution is 6.40. The van der Waals surface area contributed by atoms with Crippen molar-refractivity contribution in [2.75, 3.05) is 11.9 Å². The maximum atomic E-state index is 11.4. The average Bonchev–Trinajstić information content (AvgIpc) is 2.23. The van der Waals surface area contributed by atoms with Gasteiger partial charge in [-0.1, -0.05) is 23.2 Å². The molecule has 0 aliphatic heterocycles. The van der Waals surface area contributed by atoms with Gasteiger partial charge in [0, 0.05) is 0 Å². The highest BCUT2D eigenvalue weighted by Crippen LogP contribution is 2.31. The summed E-state index contributed by atoms with van der Waals surface area (Å²) in [6.45, 7) is 1.96. The molecule has 1 aromatic carbocycles. The topological polar surface area (TPSA) is 55.4 Å². The molecule has 0 radical (unpaired) electrons. The van der Waals surface area contributed by atoms with E-state index in [-0.39, 0.29) is 27.9 Å². The molecule has 1 amide bonds. The van der Waals surface area contributed by atoms with Crippen LogP contribution in [0.3, 0.4) is 0 Å². The number of halogens is 2. The molecule has 4 nitrogen and oxygen atoms in total. The molecule has 86 valence electrons. The summed E-state index contributed by atoms with van der Waals surface area (Å²) in [5.74, 6) is -0.510. The lowest BCUT2D eigenvalue weighted by Gasteiger charge is -2.08. The van der Waals surface area contributed by atoms with Crippen LogP contribution < -0.4 is 5.32 Å². The number of carbonyl (C=O) groups excluding carboxylic acids is 2. The second-order valence-electron chi connectivity index (χ2n) is 2.80. The van der Waals surface area contributed by atoms with Gasteiger partial charge in [-0.25, -0.2) is 4.79 Å². The normalized spacial score (nSPS) is 9.69. The van der Waals surface area contributed by atoms with Gasteiger partial charge < -0.3 is 10.1 Å². The van der Waals surface area contributed by atoms with E-state index in [1.165, 1.54) is 12.1 Å². The number of ether oxygens (including phenoxy) is 1. The molecule has 6 heteroatoms. The van der Waals surface area contributed by atoms with Gasteiger partial charge in [0.2, 0.25) is 6.41 Å². The molecule has 0 saturated carbocycles. The second-order valence-corrected chi connectivity index (χ2v) is 3.61. The van der Waals surface area contributed by atoms with Crippen molar-refractivity contribution in [2.24, 2.45) is 0 Å². The molecule has 1 N–H and O–H groups in total. The van der Waals surface area contributed by atoms with E-state index in [4.69, 9.17) is 27.9 Å². The van der Waals surface area contributed by atoms with Gasteiger partial charge >= 0.3 is 5.97 Å². The average molecular weight is 262 g/mol. The van der Waals surface area contributed by atoms with Crippen molar-refractivity contribution >= 4 is 41.3 Å². The Morgan fingerprint density at radius 2 is 2.00 bits per heavy atom. The van der Waals surface area contributed by atoms with Gasteiger partial charge in [0.15, 0.2) is 0 Å². The summed E-state index contributed by atoms with van der Waals surface area (Å²) >= 11 is 11.7. The number of nitrogens with one attached hydrogen (secondary N) is 1. The molecule has 0 aliphatic rings. The molecule has 0 saturated heterocycles. The smallest absolute Gasteiger partial charge is 0.338 e. The van der Waals surface area contributed by atoms with E-state index in [0.717, 1.165) is 0 Å². The van der Waals surface area contributed by atoms with Gasteiger partial charge in [-0.05, 0) is 19.1 Å². The minimum absolute atomic E-state index is 0.183. The Labute approximate surface area is 102 Å². The Kier molecular flexibility index (Phi) is 4.58. The Bertz CT molecular complexity index is 398. The van der Waals surface area contributed by atoms with E-state index in [1.54, 1.807) is 6.92 Å². The van der Waals surface area contributed by atoms with Crippen LogP contribution in [0.1, 0.15) is 17.3 Å². The third-order valence-electron chi connectivity index (χ3n) is 1.76. The molecular formula is C10H9Cl2NO3. The molecule has 0 bridgehead atoms. The first-order valence-corrected chi connectivity index (χ1v) is 5.22. The first kappa shape index (κ1) is 12.8. The number of carbonyl (C=O) groups is 2. The Hall–Kier alpha value is -1.26. The van der Waals surface area contributed by atoms with Gasteiger partial charge in [-0.3, -0.25) is 4.79 Å². The predicted octanol–water partition coefficient (Wildman–Crippen LogP) is 2.74. The molecule has 0 aromatic heterocycles. The maximum absolute atomic E-state index is 11.4. The van der Waals surface area contributed by atoms with Crippen LogP contribution >= 0.6 is 23.2 Å². The fourth-order valence-electron chi connectivity index (χ4n) is 1.10. The van der Waals surface area contributed by atoms with Crippen LogP contribution in [-0.4, -0.2) is 19.0 Å². The van der Waals surface area contributed by atoms with Crippen LogP contribution in [0, 0.1) is 0 Å². The van der Waals surface area contributed by atoms with Crippen molar-refractivity contribution in [1.82, 2.24) is 0 Å². The predicted molar refractivity (Wildman–Crippen MR) is 62.1 cm³/mol. The largest absolute Gasteiger partial charge is 0.462 e. The molecular weight excluding hydrogens is 253 g/mol. The molecule has 0 unspecified atom stereocenters. The van der Waals surface area contributed by atoms with Gasteiger partial charge in [0.25, 0.3) is 0 Å². The number of benzene rings is 1. The summed E-state index contributed by atoms with van der Waals surface area (Å²) in [6.07, 6.45) is 0.455. The third-order valence-corrected chi connectivity index (χ3v) is 2.35. The second kappa shape index (κ2) is 5.72. The highest BCUT2D eigenvalue weighted by Gasteiger charge is 2.13. The zero-order valence-electron chi connectivity index (χ0n) is 8.42. The Morgan fingerprint density at radius 3 is 2.44 bits per heavy atom. The van der Waals surface area contributed by atoms with Crippen molar-refractivity contribution in [3.05, 3.63) is 27.7 Å². The lowest BCUT2D eigenvalue weighted by Crippen LogP contribution is -2.05. The molecule has 0 spiro atoms. The Balaban J connectivity index is 3.08. The number of esters is 1. The van der Waals surface area contributed by atoms with Crippen LogP contribution in [-0.2, 0) is 9.53 Å².